The molecule has 1 amide bonds. The molecule has 2 aromatic rings. The van der Waals surface area contributed by atoms with E-state index in [1.165, 1.54) is 12.1 Å². The predicted molar refractivity (Wildman–Crippen MR) is 83.0 cm³/mol. The third-order valence-electron chi connectivity index (χ3n) is 3.86. The Morgan fingerprint density at radius 1 is 1.50 bits per heavy atom. The number of nitrogens with one attached hydrogen (secondary N) is 1. The van der Waals surface area contributed by atoms with Crippen LogP contribution in [0, 0.1) is 16.4 Å². The Morgan fingerprint density at radius 2 is 2.23 bits per heavy atom. The fourth-order valence-corrected chi connectivity index (χ4v) is 3.58. The molecule has 8 heteroatoms. The molecule has 0 radical (unpaired) electrons. The van der Waals surface area contributed by atoms with Gasteiger partial charge in [-0.2, -0.15) is 0 Å². The van der Waals surface area contributed by atoms with Gasteiger partial charge in [0.05, 0.1) is 10.9 Å². The standard InChI is InChI=1S/C14H12BrF2N3OS/c15-7-1-2-8(16)12(13(7)17)6-3-10-9(4-11(18)21)19-14(22)20(10)5-6/h1-2,6H,3-5H2,(H2,18,21)(H,19,22)/t6-/m1/s1. The minimum atomic E-state index is -0.595. The molecular weight excluding hydrogens is 376 g/mol. The third kappa shape index (κ3) is 2.50. The second-order valence-electron chi connectivity index (χ2n) is 5.27. The molecule has 3 rings (SSSR count). The molecular formula is C14H12BrF2N3OS. The summed E-state index contributed by atoms with van der Waals surface area (Å²) < 4.78 is 30.7. The number of H-pyrrole nitrogens is 1. The summed E-state index contributed by atoms with van der Waals surface area (Å²) in [5, 5.41) is 0. The minimum Gasteiger partial charge on any atom is -0.369 e. The van der Waals surface area contributed by atoms with E-state index in [0.717, 1.165) is 5.69 Å². The Hall–Kier alpha value is -1.54. The number of rotatable bonds is 3. The molecule has 0 saturated heterocycles. The largest absolute Gasteiger partial charge is 0.369 e. The number of fused-ring (bicyclic) bond motifs is 1. The second-order valence-corrected chi connectivity index (χ2v) is 6.51. The van der Waals surface area contributed by atoms with Gasteiger partial charge in [0.2, 0.25) is 5.91 Å². The maximum absolute atomic E-state index is 14.3. The molecule has 1 aromatic heterocycles. The number of aromatic amines is 1. The highest BCUT2D eigenvalue weighted by Crippen LogP contribution is 2.36. The van der Waals surface area contributed by atoms with Crippen molar-refractivity contribution in [2.75, 3.05) is 0 Å². The molecule has 0 spiro atoms. The number of carbonyl (C=O) groups is 1. The zero-order valence-corrected chi connectivity index (χ0v) is 13.7. The van der Waals surface area contributed by atoms with Gasteiger partial charge in [0.1, 0.15) is 11.6 Å². The van der Waals surface area contributed by atoms with E-state index >= 15 is 0 Å². The van der Waals surface area contributed by atoms with Crippen LogP contribution in [0.25, 0.3) is 0 Å². The van der Waals surface area contributed by atoms with E-state index in [2.05, 4.69) is 20.9 Å². The number of nitrogens with zero attached hydrogens (tertiary/aromatic N) is 1. The lowest BCUT2D eigenvalue weighted by atomic mass is 9.95. The fraction of sp³-hybridized carbons (Fsp3) is 0.286. The molecule has 0 unspecified atom stereocenters. The Kier molecular flexibility index (Phi) is 3.90. The molecule has 3 N–H and O–H groups in total. The maximum atomic E-state index is 14.3. The van der Waals surface area contributed by atoms with Crippen molar-refractivity contribution < 1.29 is 13.6 Å². The van der Waals surface area contributed by atoms with Crippen molar-refractivity contribution in [3.05, 3.63) is 50.0 Å². The van der Waals surface area contributed by atoms with Gasteiger partial charge >= 0.3 is 0 Å². The zero-order chi connectivity index (χ0) is 16.0. The number of primary amides is 1. The van der Waals surface area contributed by atoms with Gasteiger partial charge in [-0.15, -0.1) is 0 Å². The summed E-state index contributed by atoms with van der Waals surface area (Å²) in [6, 6.07) is 2.58. The van der Waals surface area contributed by atoms with Crippen molar-refractivity contribution in [2.24, 2.45) is 5.73 Å². The van der Waals surface area contributed by atoms with Gasteiger partial charge in [-0.05, 0) is 46.7 Å². The van der Waals surface area contributed by atoms with Crippen LogP contribution in [0.3, 0.4) is 0 Å². The van der Waals surface area contributed by atoms with Crippen LogP contribution < -0.4 is 5.73 Å². The van der Waals surface area contributed by atoms with Gasteiger partial charge in [-0.25, -0.2) is 8.78 Å². The van der Waals surface area contributed by atoms with Crippen LogP contribution in [0.5, 0.6) is 0 Å². The van der Waals surface area contributed by atoms with Crippen molar-refractivity contribution in [2.45, 2.75) is 25.3 Å². The van der Waals surface area contributed by atoms with Crippen molar-refractivity contribution in [1.82, 2.24) is 9.55 Å². The fourth-order valence-electron chi connectivity index (χ4n) is 2.93. The van der Waals surface area contributed by atoms with E-state index < -0.39 is 17.5 Å². The lowest BCUT2D eigenvalue weighted by Gasteiger charge is -2.13. The number of hydrogen-bond acceptors (Lipinski definition) is 2. The van der Waals surface area contributed by atoms with E-state index in [1.54, 1.807) is 4.57 Å². The average molecular weight is 388 g/mol. The summed E-state index contributed by atoms with van der Waals surface area (Å²) in [6.07, 6.45) is 0.433. The van der Waals surface area contributed by atoms with Gasteiger partial charge in [0.15, 0.2) is 4.77 Å². The molecule has 1 aliphatic rings. The summed E-state index contributed by atoms with van der Waals surface area (Å²) in [5.41, 5.74) is 6.66. The molecule has 2 heterocycles. The molecule has 22 heavy (non-hydrogen) atoms. The summed E-state index contributed by atoms with van der Waals surface area (Å²) in [7, 11) is 0. The average Bonchev–Trinajstić information content (AvgIpc) is 2.97. The number of halogens is 3. The predicted octanol–water partition coefficient (Wildman–Crippen LogP) is 2.95. The summed E-state index contributed by atoms with van der Waals surface area (Å²) in [4.78, 5) is 14.1. The maximum Gasteiger partial charge on any atom is 0.223 e. The first-order valence-electron chi connectivity index (χ1n) is 6.60. The van der Waals surface area contributed by atoms with Crippen LogP contribution in [-0.2, 0) is 24.2 Å². The summed E-state index contributed by atoms with van der Waals surface area (Å²) >= 11 is 8.28. The van der Waals surface area contributed by atoms with Crippen LogP contribution in [0.2, 0.25) is 0 Å². The summed E-state index contributed by atoms with van der Waals surface area (Å²) in [6.45, 7) is 0.369. The van der Waals surface area contributed by atoms with Gasteiger partial charge in [0.25, 0.3) is 0 Å². The smallest absolute Gasteiger partial charge is 0.223 e. The molecule has 0 aliphatic carbocycles. The topological polar surface area (TPSA) is 63.8 Å². The molecule has 4 nitrogen and oxygen atoms in total. The first-order valence-corrected chi connectivity index (χ1v) is 7.81. The van der Waals surface area contributed by atoms with E-state index in [-0.39, 0.29) is 22.4 Å². The second kappa shape index (κ2) is 5.58. The Balaban J connectivity index is 2.01. The number of benzene rings is 1. The number of aromatic nitrogens is 2. The number of imidazole rings is 1. The lowest BCUT2D eigenvalue weighted by Crippen LogP contribution is -2.15. The number of carbonyl (C=O) groups excluding carboxylic acids is 1. The zero-order valence-electron chi connectivity index (χ0n) is 11.3. The minimum absolute atomic E-state index is 0.0299. The molecule has 116 valence electrons. The van der Waals surface area contributed by atoms with Crippen molar-refractivity contribution in [3.8, 4) is 0 Å². The number of hydrogen-bond donors (Lipinski definition) is 2. The lowest BCUT2D eigenvalue weighted by molar-refractivity contribution is -0.117. The van der Waals surface area contributed by atoms with E-state index in [0.29, 0.717) is 23.4 Å². The Bertz CT molecular complexity index is 830. The van der Waals surface area contributed by atoms with Crippen LogP contribution in [0.4, 0.5) is 8.78 Å². The number of amides is 1. The van der Waals surface area contributed by atoms with E-state index in [1.807, 2.05) is 0 Å². The van der Waals surface area contributed by atoms with Crippen molar-refractivity contribution in [3.63, 3.8) is 0 Å². The molecule has 0 saturated carbocycles. The van der Waals surface area contributed by atoms with Gasteiger partial charge in [-0.1, -0.05) is 0 Å². The first-order chi connectivity index (χ1) is 10.4. The highest BCUT2D eigenvalue weighted by atomic mass is 79.9. The van der Waals surface area contributed by atoms with Crippen LogP contribution in [0.1, 0.15) is 22.9 Å². The molecule has 1 atom stereocenters. The normalized spacial score (nSPS) is 16.8. The van der Waals surface area contributed by atoms with E-state index in [9.17, 15) is 13.6 Å². The first kappa shape index (κ1) is 15.4. The van der Waals surface area contributed by atoms with Gasteiger partial charge in [-0.3, -0.25) is 4.79 Å². The highest BCUT2D eigenvalue weighted by Gasteiger charge is 2.31. The molecule has 1 aromatic carbocycles. The Morgan fingerprint density at radius 3 is 2.91 bits per heavy atom. The monoisotopic (exact) mass is 387 g/mol. The van der Waals surface area contributed by atoms with Crippen LogP contribution >= 0.6 is 28.1 Å². The molecule has 1 aliphatic heterocycles. The van der Waals surface area contributed by atoms with Gasteiger partial charge < -0.3 is 15.3 Å². The van der Waals surface area contributed by atoms with Crippen molar-refractivity contribution in [1.29, 1.82) is 0 Å². The SMILES string of the molecule is NC(=O)Cc1[nH]c(=S)n2c1C[C@@H](c1c(F)ccc(Br)c1F)C2. The van der Waals surface area contributed by atoms with Crippen molar-refractivity contribution >= 4 is 34.1 Å². The third-order valence-corrected chi connectivity index (χ3v) is 4.79. The Labute approximate surface area is 138 Å². The molecule has 0 fully saturated rings. The van der Waals surface area contributed by atoms with Crippen LogP contribution in [-0.4, -0.2) is 15.5 Å². The quantitative estimate of drug-likeness (QED) is 0.628. The van der Waals surface area contributed by atoms with Gasteiger partial charge in [0, 0.05) is 29.4 Å². The van der Waals surface area contributed by atoms with Crippen LogP contribution in [0.15, 0.2) is 16.6 Å². The summed E-state index contributed by atoms with van der Waals surface area (Å²) in [5.74, 6) is -2.02. The number of nitrogens with two attached hydrogens (primary N) is 1. The van der Waals surface area contributed by atoms with E-state index in [4.69, 9.17) is 18.0 Å². The molecule has 0 bridgehead atoms. The highest BCUT2D eigenvalue weighted by molar-refractivity contribution is 9.10.